The topological polar surface area (TPSA) is 112 Å². The van der Waals surface area contributed by atoms with Crippen LogP contribution in [0.2, 0.25) is 0 Å². The fraction of sp³-hybridized carbons (Fsp3) is 0.706. The fourth-order valence-electron chi connectivity index (χ4n) is 2.89. The molecule has 0 aromatic rings. The van der Waals surface area contributed by atoms with Crippen LogP contribution in [0.4, 0.5) is 0 Å². The standard InChI is InChI=1S/C17H29NO6/c1-2-3-4-5-6-7-8-9-10-11-18(12-15(19)20,13-16(21)22)14-17(23)24/h2H,1,3-14H2,(H2-,19,20,21,22,23,24)/p+1. The number of carbonyl (C=O) groups is 3. The van der Waals surface area contributed by atoms with Crippen LogP contribution in [0.25, 0.3) is 0 Å². The van der Waals surface area contributed by atoms with Gasteiger partial charge in [0.2, 0.25) is 0 Å². The largest absolute Gasteiger partial charge is 0.477 e. The zero-order valence-corrected chi connectivity index (χ0v) is 14.3. The molecule has 3 N–H and O–H groups in total. The summed E-state index contributed by atoms with van der Waals surface area (Å²) >= 11 is 0. The Morgan fingerprint density at radius 3 is 1.46 bits per heavy atom. The summed E-state index contributed by atoms with van der Waals surface area (Å²) in [5.74, 6) is -3.54. The Morgan fingerprint density at radius 1 is 0.708 bits per heavy atom. The molecule has 0 spiro atoms. The Morgan fingerprint density at radius 2 is 1.08 bits per heavy atom. The second-order valence-electron chi connectivity index (χ2n) is 6.27. The van der Waals surface area contributed by atoms with E-state index in [2.05, 4.69) is 6.58 Å². The molecular weight excluding hydrogens is 314 g/mol. The predicted molar refractivity (Wildman–Crippen MR) is 89.8 cm³/mol. The summed E-state index contributed by atoms with van der Waals surface area (Å²) in [6, 6.07) is 0. The Kier molecular flexibility index (Phi) is 11.5. The molecule has 138 valence electrons. The Balaban J connectivity index is 4.33. The van der Waals surface area contributed by atoms with Gasteiger partial charge in [0.1, 0.15) is 0 Å². The Hall–Kier alpha value is -1.89. The van der Waals surface area contributed by atoms with Crippen molar-refractivity contribution in [3.8, 4) is 0 Å². The Bertz CT molecular complexity index is 381. The average Bonchev–Trinajstić information content (AvgIpc) is 2.43. The summed E-state index contributed by atoms with van der Waals surface area (Å²) < 4.78 is -0.445. The first-order chi connectivity index (χ1) is 11.3. The van der Waals surface area contributed by atoms with Crippen LogP contribution in [-0.4, -0.2) is 63.9 Å². The van der Waals surface area contributed by atoms with Crippen molar-refractivity contribution in [3.05, 3.63) is 12.7 Å². The highest BCUT2D eigenvalue weighted by atomic mass is 16.4. The third kappa shape index (κ3) is 11.6. The van der Waals surface area contributed by atoms with E-state index in [1.54, 1.807) is 0 Å². The number of carboxylic acid groups (broad SMARTS) is 3. The van der Waals surface area contributed by atoms with Crippen molar-refractivity contribution in [2.24, 2.45) is 0 Å². The van der Waals surface area contributed by atoms with Gasteiger partial charge in [-0.05, 0) is 25.7 Å². The quantitative estimate of drug-likeness (QED) is 0.225. The van der Waals surface area contributed by atoms with Crippen molar-refractivity contribution in [2.45, 2.75) is 51.4 Å². The van der Waals surface area contributed by atoms with Gasteiger partial charge < -0.3 is 15.3 Å². The minimum absolute atomic E-state index is 0.251. The number of quaternary nitrogens is 1. The van der Waals surface area contributed by atoms with Crippen LogP contribution in [0.15, 0.2) is 12.7 Å². The lowest BCUT2D eigenvalue weighted by molar-refractivity contribution is -0.907. The van der Waals surface area contributed by atoms with Gasteiger partial charge in [-0.25, -0.2) is 14.4 Å². The molecule has 0 unspecified atom stereocenters. The van der Waals surface area contributed by atoms with Crippen molar-refractivity contribution in [1.82, 2.24) is 0 Å². The number of hydrogen-bond acceptors (Lipinski definition) is 3. The maximum Gasteiger partial charge on any atom is 0.359 e. The monoisotopic (exact) mass is 344 g/mol. The van der Waals surface area contributed by atoms with Crippen molar-refractivity contribution in [1.29, 1.82) is 0 Å². The van der Waals surface area contributed by atoms with Gasteiger partial charge in [0, 0.05) is 0 Å². The number of nitrogens with zero attached hydrogens (tertiary/aromatic N) is 1. The van der Waals surface area contributed by atoms with E-state index in [9.17, 15) is 14.4 Å². The summed E-state index contributed by atoms with van der Waals surface area (Å²) in [6.45, 7) is 2.47. The van der Waals surface area contributed by atoms with Crippen LogP contribution in [0.1, 0.15) is 51.4 Å². The average molecular weight is 344 g/mol. The summed E-state index contributed by atoms with van der Waals surface area (Å²) in [6.07, 6.45) is 9.90. The van der Waals surface area contributed by atoms with Gasteiger partial charge in [0.15, 0.2) is 19.6 Å². The van der Waals surface area contributed by atoms with E-state index in [0.29, 0.717) is 6.42 Å². The van der Waals surface area contributed by atoms with Gasteiger partial charge in [-0.1, -0.05) is 31.8 Å². The summed E-state index contributed by atoms with van der Waals surface area (Å²) in [5.41, 5.74) is 0. The van der Waals surface area contributed by atoms with Gasteiger partial charge in [0.05, 0.1) is 6.54 Å². The molecular formula is C17H30NO6+. The van der Waals surface area contributed by atoms with E-state index in [1.165, 1.54) is 0 Å². The van der Waals surface area contributed by atoms with Gasteiger partial charge in [-0.2, -0.15) is 0 Å². The molecule has 0 heterocycles. The molecule has 0 aliphatic rings. The van der Waals surface area contributed by atoms with E-state index < -0.39 is 42.0 Å². The number of unbranched alkanes of at least 4 members (excludes halogenated alkanes) is 7. The van der Waals surface area contributed by atoms with Crippen molar-refractivity contribution in [2.75, 3.05) is 26.2 Å². The van der Waals surface area contributed by atoms with Crippen LogP contribution in [-0.2, 0) is 14.4 Å². The minimum atomic E-state index is -1.18. The number of allylic oxidation sites excluding steroid dienone is 1. The van der Waals surface area contributed by atoms with E-state index in [-0.39, 0.29) is 6.54 Å². The van der Waals surface area contributed by atoms with E-state index in [1.807, 2.05) is 6.08 Å². The first-order valence-corrected chi connectivity index (χ1v) is 8.43. The van der Waals surface area contributed by atoms with Crippen molar-refractivity contribution >= 4 is 17.9 Å². The lowest BCUT2D eigenvalue weighted by Crippen LogP contribution is -2.57. The number of hydrogen-bond donors (Lipinski definition) is 3. The maximum absolute atomic E-state index is 11.0. The molecule has 0 saturated carbocycles. The molecule has 0 aromatic heterocycles. The van der Waals surface area contributed by atoms with Crippen LogP contribution in [0.5, 0.6) is 0 Å². The van der Waals surface area contributed by atoms with E-state index >= 15 is 0 Å². The molecule has 24 heavy (non-hydrogen) atoms. The highest BCUT2D eigenvalue weighted by Gasteiger charge is 2.35. The summed E-state index contributed by atoms with van der Waals surface area (Å²) in [5, 5.41) is 27.0. The van der Waals surface area contributed by atoms with Gasteiger partial charge in [-0.15, -0.1) is 6.58 Å². The molecule has 0 atom stereocenters. The first kappa shape index (κ1) is 22.1. The van der Waals surface area contributed by atoms with Crippen LogP contribution < -0.4 is 0 Å². The van der Waals surface area contributed by atoms with Crippen molar-refractivity contribution in [3.63, 3.8) is 0 Å². The zero-order valence-electron chi connectivity index (χ0n) is 14.3. The zero-order chi connectivity index (χ0) is 18.4. The first-order valence-electron chi connectivity index (χ1n) is 8.43. The Labute approximate surface area is 143 Å². The third-order valence-electron chi connectivity index (χ3n) is 3.95. The lowest BCUT2D eigenvalue weighted by atomic mass is 10.1. The van der Waals surface area contributed by atoms with Gasteiger partial charge in [0.25, 0.3) is 0 Å². The SMILES string of the molecule is C=CCCCCCCCCC[N+](CC(=O)O)(CC(=O)O)CC(=O)O. The smallest absolute Gasteiger partial charge is 0.359 e. The highest BCUT2D eigenvalue weighted by Crippen LogP contribution is 2.13. The number of carboxylic acids is 3. The second kappa shape index (κ2) is 12.5. The normalized spacial score (nSPS) is 11.2. The molecule has 0 radical (unpaired) electrons. The molecule has 0 aliphatic heterocycles. The van der Waals surface area contributed by atoms with Gasteiger partial charge >= 0.3 is 17.9 Å². The number of aliphatic carboxylic acids is 3. The highest BCUT2D eigenvalue weighted by molar-refractivity contribution is 5.73. The maximum atomic E-state index is 11.0. The molecule has 0 fully saturated rings. The fourth-order valence-corrected chi connectivity index (χ4v) is 2.89. The molecule has 0 saturated heterocycles. The van der Waals surface area contributed by atoms with Crippen LogP contribution >= 0.6 is 0 Å². The number of rotatable bonds is 16. The molecule has 0 aliphatic carbocycles. The third-order valence-corrected chi connectivity index (χ3v) is 3.95. The second-order valence-corrected chi connectivity index (χ2v) is 6.27. The predicted octanol–water partition coefficient (Wildman–Crippen LogP) is 2.36. The molecule has 7 heteroatoms. The van der Waals surface area contributed by atoms with E-state index in [0.717, 1.165) is 44.9 Å². The molecule has 0 amide bonds. The molecule has 0 aromatic carbocycles. The molecule has 7 nitrogen and oxygen atoms in total. The molecule has 0 rings (SSSR count). The van der Waals surface area contributed by atoms with Crippen LogP contribution in [0, 0.1) is 0 Å². The molecule has 0 bridgehead atoms. The van der Waals surface area contributed by atoms with Crippen molar-refractivity contribution < 1.29 is 34.2 Å². The minimum Gasteiger partial charge on any atom is -0.477 e. The van der Waals surface area contributed by atoms with Gasteiger partial charge in [-0.3, -0.25) is 4.48 Å². The summed E-state index contributed by atoms with van der Waals surface area (Å²) in [7, 11) is 0. The van der Waals surface area contributed by atoms with Crippen LogP contribution in [0.3, 0.4) is 0 Å². The summed E-state index contributed by atoms with van der Waals surface area (Å²) in [4.78, 5) is 33.1. The lowest BCUT2D eigenvalue weighted by Gasteiger charge is -2.34. The van der Waals surface area contributed by atoms with E-state index in [4.69, 9.17) is 15.3 Å².